The van der Waals surface area contributed by atoms with Gasteiger partial charge in [-0.05, 0) is 47.7 Å². The van der Waals surface area contributed by atoms with Gasteiger partial charge in [-0.3, -0.25) is 9.69 Å². The minimum Gasteiger partial charge on any atom is -0.462 e. The number of benzene rings is 3. The fraction of sp³-hybridized carbons (Fsp3) is 0.267. The van der Waals surface area contributed by atoms with Gasteiger partial charge in [-0.25, -0.2) is 4.79 Å². The van der Waals surface area contributed by atoms with Gasteiger partial charge in [0.05, 0.1) is 12.2 Å². The van der Waals surface area contributed by atoms with Crippen LogP contribution in [0.15, 0.2) is 78.9 Å². The zero-order valence-electron chi connectivity index (χ0n) is 20.4. The number of esters is 1. The van der Waals surface area contributed by atoms with Crippen LogP contribution in [0, 0.1) is 0 Å². The summed E-state index contributed by atoms with van der Waals surface area (Å²) in [6, 6.07) is 27.1. The SMILES string of the molecule is CCOC(=O)c1cc(-c2ccccc2)sc1NC(=O)CCN(Cc1cccc2ccccc12)C1CC1. The zero-order chi connectivity index (χ0) is 24.9. The lowest BCUT2D eigenvalue weighted by Crippen LogP contribution is -2.29. The van der Waals surface area contributed by atoms with Crippen LogP contribution in [0.3, 0.4) is 0 Å². The lowest BCUT2D eigenvalue weighted by molar-refractivity contribution is -0.116. The van der Waals surface area contributed by atoms with Gasteiger partial charge in [-0.2, -0.15) is 0 Å². The number of nitrogens with one attached hydrogen (secondary N) is 1. The third-order valence-electron chi connectivity index (χ3n) is 6.48. The molecule has 1 N–H and O–H groups in total. The molecule has 0 radical (unpaired) electrons. The first-order valence-corrected chi connectivity index (χ1v) is 13.3. The van der Waals surface area contributed by atoms with Gasteiger partial charge in [0, 0.05) is 30.4 Å². The molecule has 36 heavy (non-hydrogen) atoms. The summed E-state index contributed by atoms with van der Waals surface area (Å²) in [7, 11) is 0. The topological polar surface area (TPSA) is 58.6 Å². The van der Waals surface area contributed by atoms with Crippen molar-refractivity contribution in [3.63, 3.8) is 0 Å². The summed E-state index contributed by atoms with van der Waals surface area (Å²) in [6.45, 7) is 3.56. The molecular weight excluding hydrogens is 468 g/mol. The predicted octanol–water partition coefficient (Wildman–Crippen LogP) is 6.74. The Balaban J connectivity index is 1.28. The number of fused-ring (bicyclic) bond motifs is 1. The van der Waals surface area contributed by atoms with Gasteiger partial charge >= 0.3 is 5.97 Å². The van der Waals surface area contributed by atoms with E-state index in [-0.39, 0.29) is 12.5 Å². The number of anilines is 1. The minimum absolute atomic E-state index is 0.0921. The minimum atomic E-state index is -0.415. The molecule has 6 heteroatoms. The van der Waals surface area contributed by atoms with Gasteiger partial charge in [0.15, 0.2) is 0 Å². The quantitative estimate of drug-likeness (QED) is 0.246. The molecule has 0 unspecified atom stereocenters. The van der Waals surface area contributed by atoms with Crippen molar-refractivity contribution in [2.75, 3.05) is 18.5 Å². The van der Waals surface area contributed by atoms with Gasteiger partial charge in [-0.1, -0.05) is 72.8 Å². The van der Waals surface area contributed by atoms with Crippen molar-refractivity contribution < 1.29 is 14.3 Å². The fourth-order valence-electron chi connectivity index (χ4n) is 4.50. The number of rotatable bonds is 10. The summed E-state index contributed by atoms with van der Waals surface area (Å²) in [5.74, 6) is -0.507. The Morgan fingerprint density at radius 2 is 1.75 bits per heavy atom. The van der Waals surface area contributed by atoms with Gasteiger partial charge < -0.3 is 10.1 Å². The second-order valence-corrected chi connectivity index (χ2v) is 10.1. The maximum absolute atomic E-state index is 13.0. The van der Waals surface area contributed by atoms with Crippen molar-refractivity contribution in [3.8, 4) is 10.4 Å². The van der Waals surface area contributed by atoms with Crippen LogP contribution < -0.4 is 5.32 Å². The van der Waals surface area contributed by atoms with Crippen LogP contribution in [-0.2, 0) is 16.1 Å². The molecule has 0 atom stereocenters. The average Bonchev–Trinajstić information content (AvgIpc) is 3.67. The van der Waals surface area contributed by atoms with Crippen LogP contribution in [0.1, 0.15) is 42.1 Å². The van der Waals surface area contributed by atoms with Crippen LogP contribution in [0.4, 0.5) is 5.00 Å². The van der Waals surface area contributed by atoms with Crippen molar-refractivity contribution in [3.05, 3.63) is 90.0 Å². The van der Waals surface area contributed by atoms with Crippen molar-refractivity contribution in [1.82, 2.24) is 4.90 Å². The number of hydrogen-bond acceptors (Lipinski definition) is 5. The van der Waals surface area contributed by atoms with E-state index in [1.165, 1.54) is 40.5 Å². The second-order valence-electron chi connectivity index (χ2n) is 9.08. The molecule has 1 fully saturated rings. The van der Waals surface area contributed by atoms with E-state index in [0.717, 1.165) is 17.0 Å². The summed E-state index contributed by atoms with van der Waals surface area (Å²) in [6.07, 6.45) is 2.71. The summed E-state index contributed by atoms with van der Waals surface area (Å²) in [5.41, 5.74) is 2.70. The summed E-state index contributed by atoms with van der Waals surface area (Å²) in [4.78, 5) is 28.9. The molecule has 0 spiro atoms. The first kappa shape index (κ1) is 24.2. The molecule has 1 amide bonds. The number of hydrogen-bond donors (Lipinski definition) is 1. The Kier molecular flexibility index (Phi) is 7.44. The standard InChI is InChI=1S/C30H30N2O3S/c1-2-35-30(34)26-19-27(22-10-4-3-5-11-22)36-29(26)31-28(33)17-18-32(24-15-16-24)20-23-13-8-12-21-9-6-7-14-25(21)23/h3-14,19,24H,2,15-18,20H2,1H3,(H,31,33). The lowest BCUT2D eigenvalue weighted by atomic mass is 10.0. The Morgan fingerprint density at radius 1 is 1.00 bits per heavy atom. The summed E-state index contributed by atoms with van der Waals surface area (Å²) in [5, 5.41) is 6.05. The van der Waals surface area contributed by atoms with E-state index in [0.29, 0.717) is 29.6 Å². The first-order valence-electron chi connectivity index (χ1n) is 12.5. The Hall–Kier alpha value is -3.48. The van der Waals surface area contributed by atoms with E-state index in [9.17, 15) is 9.59 Å². The highest BCUT2D eigenvalue weighted by Gasteiger charge is 2.29. The predicted molar refractivity (Wildman–Crippen MR) is 146 cm³/mol. The third-order valence-corrected chi connectivity index (χ3v) is 7.58. The van der Waals surface area contributed by atoms with E-state index >= 15 is 0 Å². The van der Waals surface area contributed by atoms with Crippen LogP contribution in [-0.4, -0.2) is 36.0 Å². The van der Waals surface area contributed by atoms with Crippen LogP contribution in [0.5, 0.6) is 0 Å². The van der Waals surface area contributed by atoms with E-state index in [2.05, 4.69) is 52.7 Å². The lowest BCUT2D eigenvalue weighted by Gasteiger charge is -2.22. The zero-order valence-corrected chi connectivity index (χ0v) is 21.2. The second kappa shape index (κ2) is 11.1. The maximum Gasteiger partial charge on any atom is 0.341 e. The highest BCUT2D eigenvalue weighted by Crippen LogP contribution is 2.36. The Labute approximate surface area is 215 Å². The van der Waals surface area contributed by atoms with E-state index in [1.54, 1.807) is 6.92 Å². The van der Waals surface area contributed by atoms with Crippen LogP contribution in [0.25, 0.3) is 21.2 Å². The molecule has 0 saturated heterocycles. The fourth-order valence-corrected chi connectivity index (χ4v) is 5.57. The van der Waals surface area contributed by atoms with Crippen LogP contribution >= 0.6 is 11.3 Å². The normalized spacial score (nSPS) is 13.2. The van der Waals surface area contributed by atoms with Crippen LogP contribution in [0.2, 0.25) is 0 Å². The molecule has 1 aliphatic rings. The molecule has 5 nitrogen and oxygen atoms in total. The molecule has 0 aliphatic heterocycles. The number of carbonyl (C=O) groups is 2. The number of ether oxygens (including phenoxy) is 1. The molecule has 4 aromatic rings. The molecule has 5 rings (SSSR count). The van der Waals surface area contributed by atoms with Gasteiger partial charge in [-0.15, -0.1) is 11.3 Å². The van der Waals surface area contributed by atoms with Gasteiger partial charge in [0.2, 0.25) is 5.91 Å². The molecule has 1 aliphatic carbocycles. The Morgan fingerprint density at radius 3 is 2.53 bits per heavy atom. The molecule has 1 heterocycles. The first-order chi connectivity index (χ1) is 17.6. The monoisotopic (exact) mass is 498 g/mol. The van der Waals surface area contributed by atoms with E-state index in [4.69, 9.17) is 4.74 Å². The average molecular weight is 499 g/mol. The molecular formula is C30H30N2O3S. The van der Waals surface area contributed by atoms with E-state index < -0.39 is 5.97 Å². The highest BCUT2D eigenvalue weighted by molar-refractivity contribution is 7.20. The van der Waals surface area contributed by atoms with Crippen molar-refractivity contribution in [2.24, 2.45) is 0 Å². The summed E-state index contributed by atoms with van der Waals surface area (Å²) < 4.78 is 5.25. The molecule has 0 bridgehead atoms. The number of amides is 1. The van der Waals surface area contributed by atoms with Crippen molar-refractivity contribution in [2.45, 2.75) is 38.8 Å². The number of carbonyl (C=O) groups excluding carboxylic acids is 2. The largest absolute Gasteiger partial charge is 0.462 e. The van der Waals surface area contributed by atoms with Gasteiger partial charge in [0.1, 0.15) is 5.00 Å². The van der Waals surface area contributed by atoms with Crippen molar-refractivity contribution >= 4 is 39.0 Å². The van der Waals surface area contributed by atoms with Crippen molar-refractivity contribution in [1.29, 1.82) is 0 Å². The number of thiophene rings is 1. The van der Waals surface area contributed by atoms with Gasteiger partial charge in [0.25, 0.3) is 0 Å². The molecule has 184 valence electrons. The third kappa shape index (κ3) is 5.66. The molecule has 1 aromatic heterocycles. The highest BCUT2D eigenvalue weighted by atomic mass is 32.1. The molecule has 1 saturated carbocycles. The molecule has 3 aromatic carbocycles. The van der Waals surface area contributed by atoms with E-state index in [1.807, 2.05) is 36.4 Å². The maximum atomic E-state index is 13.0. The smallest absolute Gasteiger partial charge is 0.341 e. The Bertz CT molecular complexity index is 1360. The summed E-state index contributed by atoms with van der Waals surface area (Å²) >= 11 is 1.41. The number of nitrogens with zero attached hydrogens (tertiary/aromatic N) is 1.